The Balaban J connectivity index is 1.75. The van der Waals surface area contributed by atoms with Crippen molar-refractivity contribution in [1.82, 2.24) is 9.80 Å². The number of anilines is 1. The van der Waals surface area contributed by atoms with Crippen LogP contribution in [-0.4, -0.2) is 88.5 Å². The van der Waals surface area contributed by atoms with Crippen molar-refractivity contribution in [3.63, 3.8) is 0 Å². The Bertz CT molecular complexity index is 1120. The molecule has 3 heterocycles. The zero-order chi connectivity index (χ0) is 28.3. The Morgan fingerprint density at radius 2 is 1.87 bits per heavy atom. The molecule has 3 aliphatic heterocycles. The summed E-state index contributed by atoms with van der Waals surface area (Å²) in [7, 11) is 1.69. The van der Waals surface area contributed by atoms with Crippen molar-refractivity contribution < 1.29 is 24.2 Å². The minimum absolute atomic E-state index is 0.118. The number of carbonyl (C=O) groups excluding carboxylic acids is 3. The second-order valence-corrected chi connectivity index (χ2v) is 12.1. The van der Waals surface area contributed by atoms with Crippen LogP contribution in [0.15, 0.2) is 49.6 Å². The van der Waals surface area contributed by atoms with Crippen LogP contribution in [0.3, 0.4) is 0 Å². The zero-order valence-corrected chi connectivity index (χ0v) is 24.6. The van der Waals surface area contributed by atoms with Crippen LogP contribution in [0.5, 0.6) is 0 Å². The highest BCUT2D eigenvalue weighted by atomic mass is 79.9. The fourth-order valence-electron chi connectivity index (χ4n) is 6.47. The number of likely N-dealkylation sites (N-methyl/N-ethyl adjacent to an activating group) is 1. The Labute approximate surface area is 243 Å². The van der Waals surface area contributed by atoms with E-state index in [4.69, 9.17) is 21.4 Å². The summed E-state index contributed by atoms with van der Waals surface area (Å²) in [6, 6.07) is 6.17. The number of amides is 3. The van der Waals surface area contributed by atoms with Gasteiger partial charge in [-0.1, -0.05) is 64.7 Å². The molecule has 3 unspecified atom stereocenters. The smallest absolute Gasteiger partial charge is 0.253 e. The summed E-state index contributed by atoms with van der Waals surface area (Å²) in [4.78, 5) is 46.9. The van der Waals surface area contributed by atoms with Gasteiger partial charge in [-0.3, -0.25) is 14.4 Å². The van der Waals surface area contributed by atoms with Gasteiger partial charge >= 0.3 is 0 Å². The number of halogens is 2. The highest BCUT2D eigenvalue weighted by Gasteiger charge is 2.76. The molecule has 0 radical (unpaired) electrons. The van der Waals surface area contributed by atoms with Gasteiger partial charge in [0.25, 0.3) is 5.91 Å². The molecule has 3 amide bonds. The molecule has 0 aromatic heterocycles. The van der Waals surface area contributed by atoms with Crippen LogP contribution in [0.4, 0.5) is 5.69 Å². The monoisotopic (exact) mass is 621 g/mol. The molecule has 1 aromatic rings. The summed E-state index contributed by atoms with van der Waals surface area (Å²) in [5.74, 6) is -2.18. The van der Waals surface area contributed by atoms with Gasteiger partial charge in [-0.2, -0.15) is 0 Å². The topological polar surface area (TPSA) is 90.4 Å². The zero-order valence-electron chi connectivity index (χ0n) is 22.3. The van der Waals surface area contributed by atoms with E-state index in [-0.39, 0.29) is 35.7 Å². The van der Waals surface area contributed by atoms with Crippen LogP contribution < -0.4 is 4.90 Å². The van der Waals surface area contributed by atoms with Gasteiger partial charge in [0.2, 0.25) is 11.8 Å². The van der Waals surface area contributed by atoms with Gasteiger partial charge in [-0.25, -0.2) is 0 Å². The Hall–Kier alpha value is -2.20. The fourth-order valence-corrected chi connectivity index (χ4v) is 7.65. The summed E-state index contributed by atoms with van der Waals surface area (Å²) in [6.45, 7) is 8.59. The van der Waals surface area contributed by atoms with Gasteiger partial charge in [0, 0.05) is 38.1 Å². The molecule has 39 heavy (non-hydrogen) atoms. The van der Waals surface area contributed by atoms with Crippen molar-refractivity contribution in [2.24, 2.45) is 11.8 Å². The predicted octanol–water partition coefficient (Wildman–Crippen LogP) is 3.80. The summed E-state index contributed by atoms with van der Waals surface area (Å²) < 4.78 is 6.61. The van der Waals surface area contributed by atoms with Gasteiger partial charge in [0.05, 0.1) is 28.6 Å². The number of ether oxygens (including phenoxy) is 1. The number of unbranched alkanes of at least 4 members (excludes halogenated alkanes) is 3. The number of alkyl halides is 1. The van der Waals surface area contributed by atoms with Crippen LogP contribution in [0.25, 0.3) is 0 Å². The number of carbonyl (C=O) groups is 3. The van der Waals surface area contributed by atoms with E-state index in [0.29, 0.717) is 43.1 Å². The number of likely N-dealkylation sites (tertiary alicyclic amines) is 1. The molecule has 0 aliphatic carbocycles. The maximum absolute atomic E-state index is 14.5. The van der Waals surface area contributed by atoms with Gasteiger partial charge < -0.3 is 24.5 Å². The average molecular weight is 623 g/mol. The second-order valence-electron chi connectivity index (χ2n) is 10.5. The molecule has 2 bridgehead atoms. The highest BCUT2D eigenvalue weighted by Crippen LogP contribution is 2.60. The van der Waals surface area contributed by atoms with Crippen LogP contribution in [-0.2, 0) is 19.1 Å². The second kappa shape index (κ2) is 12.5. The standard InChI is InChI=1S/C29H37BrClN3O5/c1-4-14-32(3)26(36)22-23-27(37)34(16-10-6-7-11-17-35)25(29(23)18-19(30)24(22)39-29)28(38)33(15-5-2)21-13-9-8-12-20(21)31/h4-5,8-9,12-13,19,22-25,35H,1-2,6-7,10-11,14-18H2,3H3/t19?,22-,23+,24-,25?,29?/m1/s1. The molecule has 0 saturated carbocycles. The summed E-state index contributed by atoms with van der Waals surface area (Å²) in [5.41, 5.74) is -0.616. The summed E-state index contributed by atoms with van der Waals surface area (Å²) in [5, 5.41) is 9.56. The molecular formula is C29H37BrClN3O5. The largest absolute Gasteiger partial charge is 0.396 e. The first-order chi connectivity index (χ1) is 18.7. The van der Waals surface area contributed by atoms with Crippen molar-refractivity contribution in [3.05, 3.63) is 54.6 Å². The Kier molecular flexibility index (Phi) is 9.57. The highest BCUT2D eigenvalue weighted by molar-refractivity contribution is 9.09. The van der Waals surface area contributed by atoms with Crippen LogP contribution in [0.1, 0.15) is 32.1 Å². The number of nitrogens with zero attached hydrogens (tertiary/aromatic N) is 3. The number of para-hydroxylation sites is 1. The lowest BCUT2D eigenvalue weighted by molar-refractivity contribution is -0.144. The Morgan fingerprint density at radius 3 is 2.54 bits per heavy atom. The molecule has 3 fully saturated rings. The third-order valence-corrected chi connectivity index (χ3v) is 9.28. The molecule has 212 valence electrons. The van der Waals surface area contributed by atoms with E-state index in [0.717, 1.165) is 12.8 Å². The maximum Gasteiger partial charge on any atom is 0.253 e. The quantitative estimate of drug-likeness (QED) is 0.205. The minimum atomic E-state index is -1.14. The minimum Gasteiger partial charge on any atom is -0.396 e. The van der Waals surface area contributed by atoms with Crippen LogP contribution in [0.2, 0.25) is 5.02 Å². The van der Waals surface area contributed by atoms with Gasteiger partial charge in [-0.05, 0) is 31.4 Å². The first-order valence-corrected chi connectivity index (χ1v) is 14.8. The van der Waals surface area contributed by atoms with Crippen molar-refractivity contribution in [2.45, 2.75) is 54.7 Å². The van der Waals surface area contributed by atoms with E-state index in [2.05, 4.69) is 29.1 Å². The van der Waals surface area contributed by atoms with E-state index >= 15 is 0 Å². The first kappa shape index (κ1) is 29.8. The fraction of sp³-hybridized carbons (Fsp3) is 0.552. The third kappa shape index (κ3) is 5.31. The van der Waals surface area contributed by atoms with Crippen molar-refractivity contribution in [3.8, 4) is 0 Å². The summed E-state index contributed by atoms with van der Waals surface area (Å²) in [6.07, 6.45) is 6.17. The molecule has 6 atom stereocenters. The van der Waals surface area contributed by atoms with E-state index in [1.54, 1.807) is 58.2 Å². The van der Waals surface area contributed by atoms with E-state index in [1.807, 2.05) is 0 Å². The molecule has 3 aliphatic rings. The van der Waals surface area contributed by atoms with Crippen molar-refractivity contribution in [1.29, 1.82) is 0 Å². The number of aliphatic hydroxyl groups excluding tert-OH is 1. The SMILES string of the molecule is C=CCN(C)C(=O)[C@H]1[C@@H]2OC3(CC2Br)C(C(=O)N(CC=C)c2ccccc2Cl)N(CCCCCCO)C(=O)[C@H]13. The molecule has 3 saturated heterocycles. The van der Waals surface area contributed by atoms with E-state index in [1.165, 1.54) is 0 Å². The van der Waals surface area contributed by atoms with Crippen molar-refractivity contribution >= 4 is 50.9 Å². The van der Waals surface area contributed by atoms with Gasteiger partial charge in [0.1, 0.15) is 11.6 Å². The van der Waals surface area contributed by atoms with Gasteiger partial charge in [-0.15, -0.1) is 13.2 Å². The Morgan fingerprint density at radius 1 is 1.18 bits per heavy atom. The van der Waals surface area contributed by atoms with E-state index in [9.17, 15) is 14.4 Å². The lowest BCUT2D eigenvalue weighted by Crippen LogP contribution is -2.57. The van der Waals surface area contributed by atoms with E-state index < -0.39 is 29.6 Å². The number of fused-ring (bicyclic) bond motifs is 1. The van der Waals surface area contributed by atoms with Crippen LogP contribution >= 0.6 is 27.5 Å². The summed E-state index contributed by atoms with van der Waals surface area (Å²) >= 11 is 10.2. The molecular weight excluding hydrogens is 586 g/mol. The molecule has 1 spiro atoms. The maximum atomic E-state index is 14.5. The molecule has 10 heteroatoms. The lowest BCUT2D eigenvalue weighted by Gasteiger charge is -2.37. The molecule has 8 nitrogen and oxygen atoms in total. The third-order valence-electron chi connectivity index (χ3n) is 8.12. The number of hydrogen-bond donors (Lipinski definition) is 1. The lowest BCUT2D eigenvalue weighted by atomic mass is 9.70. The van der Waals surface area contributed by atoms with Crippen molar-refractivity contribution in [2.75, 3.05) is 38.2 Å². The molecule has 1 aromatic carbocycles. The number of benzene rings is 1. The predicted molar refractivity (Wildman–Crippen MR) is 155 cm³/mol. The molecule has 1 N–H and O–H groups in total. The van der Waals surface area contributed by atoms with Crippen LogP contribution in [0, 0.1) is 11.8 Å². The van der Waals surface area contributed by atoms with Gasteiger partial charge in [0.15, 0.2) is 0 Å². The average Bonchev–Trinajstić information content (AvgIpc) is 3.50. The number of aliphatic hydroxyl groups is 1. The molecule has 4 rings (SSSR count). The normalized spacial score (nSPS) is 28.9. The number of rotatable bonds is 13. The first-order valence-electron chi connectivity index (χ1n) is 13.5. The number of hydrogen-bond acceptors (Lipinski definition) is 5.